The molecule has 0 spiro atoms. The molecule has 1 unspecified atom stereocenters. The molecule has 98 valence electrons. The van der Waals surface area contributed by atoms with Gasteiger partial charge in [0.05, 0.1) is 0 Å². The van der Waals surface area contributed by atoms with E-state index >= 15 is 0 Å². The third kappa shape index (κ3) is 4.52. The van der Waals surface area contributed by atoms with Gasteiger partial charge in [-0.15, -0.1) is 0 Å². The molecule has 0 aliphatic heterocycles. The van der Waals surface area contributed by atoms with Gasteiger partial charge in [-0.2, -0.15) is 4.21 Å². The predicted octanol–water partition coefficient (Wildman–Crippen LogP) is 1.05. The van der Waals surface area contributed by atoms with Crippen LogP contribution < -0.4 is 13.7 Å². The standard InChI is InChI=1S/C10H10O7S/c1-6(11)15-8-3-4-9(16-7(2)12)10(5-8)17-18(13)14/h3-5H,1-2H3,(H,13,14). The van der Waals surface area contributed by atoms with E-state index < -0.39 is 23.3 Å². The van der Waals surface area contributed by atoms with Crippen LogP contribution in [0.1, 0.15) is 13.8 Å². The lowest BCUT2D eigenvalue weighted by Gasteiger charge is -2.09. The van der Waals surface area contributed by atoms with E-state index in [1.807, 2.05) is 0 Å². The average molecular weight is 274 g/mol. The van der Waals surface area contributed by atoms with Crippen molar-refractivity contribution in [2.45, 2.75) is 13.8 Å². The van der Waals surface area contributed by atoms with Crippen LogP contribution in [-0.2, 0) is 21.0 Å². The zero-order valence-electron chi connectivity index (χ0n) is 9.54. The monoisotopic (exact) mass is 274 g/mol. The van der Waals surface area contributed by atoms with Crippen LogP contribution in [0.4, 0.5) is 0 Å². The first-order valence-corrected chi connectivity index (χ1v) is 5.71. The minimum absolute atomic E-state index is 0.0548. The number of hydrogen-bond donors (Lipinski definition) is 1. The largest absolute Gasteiger partial charge is 0.427 e. The van der Waals surface area contributed by atoms with Crippen LogP contribution in [-0.4, -0.2) is 20.7 Å². The van der Waals surface area contributed by atoms with Crippen molar-refractivity contribution in [3.05, 3.63) is 18.2 Å². The molecular formula is C10H10O7S. The Morgan fingerprint density at radius 2 is 1.72 bits per heavy atom. The molecule has 0 aliphatic carbocycles. The summed E-state index contributed by atoms with van der Waals surface area (Å²) in [4.78, 5) is 21.6. The fraction of sp³-hybridized carbons (Fsp3) is 0.200. The number of carbonyl (C=O) groups excluding carboxylic acids is 2. The van der Waals surface area contributed by atoms with Crippen LogP contribution in [0.15, 0.2) is 18.2 Å². The molecular weight excluding hydrogens is 264 g/mol. The van der Waals surface area contributed by atoms with Gasteiger partial charge in [-0.3, -0.25) is 14.1 Å². The molecule has 1 aromatic rings. The van der Waals surface area contributed by atoms with Crippen molar-refractivity contribution in [3.8, 4) is 17.2 Å². The smallest absolute Gasteiger partial charge is 0.357 e. The fourth-order valence-corrected chi connectivity index (χ4v) is 1.38. The van der Waals surface area contributed by atoms with Crippen LogP contribution in [0, 0.1) is 0 Å². The van der Waals surface area contributed by atoms with Crippen molar-refractivity contribution >= 4 is 23.3 Å². The maximum absolute atomic E-state index is 10.8. The zero-order valence-corrected chi connectivity index (χ0v) is 10.4. The number of benzene rings is 1. The van der Waals surface area contributed by atoms with E-state index in [9.17, 15) is 13.8 Å². The molecule has 1 rings (SSSR count). The Kier molecular flexibility index (Phi) is 4.81. The molecule has 0 bridgehead atoms. The van der Waals surface area contributed by atoms with Crippen LogP contribution >= 0.6 is 0 Å². The van der Waals surface area contributed by atoms with Gasteiger partial charge < -0.3 is 13.7 Å². The highest BCUT2D eigenvalue weighted by Crippen LogP contribution is 2.32. The molecule has 0 radical (unpaired) electrons. The van der Waals surface area contributed by atoms with E-state index in [2.05, 4.69) is 4.18 Å². The summed E-state index contributed by atoms with van der Waals surface area (Å²) in [6.07, 6.45) is 0. The summed E-state index contributed by atoms with van der Waals surface area (Å²) in [5, 5.41) is 0. The maximum atomic E-state index is 10.8. The lowest BCUT2D eigenvalue weighted by molar-refractivity contribution is -0.133. The Balaban J connectivity index is 3.06. The highest BCUT2D eigenvalue weighted by Gasteiger charge is 2.13. The molecule has 0 aromatic heterocycles. The van der Waals surface area contributed by atoms with Crippen molar-refractivity contribution < 1.29 is 32.0 Å². The minimum Gasteiger partial charge on any atom is -0.427 e. The number of carbonyl (C=O) groups is 2. The molecule has 0 saturated heterocycles. The fourth-order valence-electron chi connectivity index (χ4n) is 1.10. The van der Waals surface area contributed by atoms with Gasteiger partial charge in [0.2, 0.25) is 0 Å². The van der Waals surface area contributed by atoms with Gasteiger partial charge in [-0.05, 0) is 12.1 Å². The van der Waals surface area contributed by atoms with Crippen LogP contribution in [0.5, 0.6) is 17.2 Å². The maximum Gasteiger partial charge on any atom is 0.357 e. The van der Waals surface area contributed by atoms with Crippen LogP contribution in [0.3, 0.4) is 0 Å². The molecule has 1 atom stereocenters. The zero-order chi connectivity index (χ0) is 13.7. The first kappa shape index (κ1) is 14.1. The lowest BCUT2D eigenvalue weighted by Crippen LogP contribution is -2.06. The Bertz CT molecular complexity index is 497. The summed E-state index contributed by atoms with van der Waals surface area (Å²) in [5.41, 5.74) is 0. The SMILES string of the molecule is CC(=O)Oc1ccc(OC(C)=O)c(OS(=O)O)c1. The highest BCUT2D eigenvalue weighted by molar-refractivity contribution is 7.74. The van der Waals surface area contributed by atoms with Gasteiger partial charge in [0.1, 0.15) is 5.75 Å². The molecule has 8 heteroatoms. The molecule has 0 saturated carbocycles. The molecule has 7 nitrogen and oxygen atoms in total. The molecule has 0 aliphatic rings. The second-order valence-corrected chi connectivity index (χ2v) is 3.70. The van der Waals surface area contributed by atoms with Gasteiger partial charge in [0, 0.05) is 19.9 Å². The average Bonchev–Trinajstić information content (AvgIpc) is 2.19. The second kappa shape index (κ2) is 6.12. The quantitative estimate of drug-likeness (QED) is 0.497. The highest BCUT2D eigenvalue weighted by atomic mass is 32.2. The lowest BCUT2D eigenvalue weighted by atomic mass is 10.3. The topological polar surface area (TPSA) is 99.1 Å². The third-order valence-corrected chi connectivity index (χ3v) is 1.91. The predicted molar refractivity (Wildman–Crippen MR) is 60.5 cm³/mol. The number of esters is 2. The van der Waals surface area contributed by atoms with Gasteiger partial charge in [0.25, 0.3) is 0 Å². The Morgan fingerprint density at radius 1 is 1.11 bits per heavy atom. The summed E-state index contributed by atoms with van der Waals surface area (Å²) in [6.45, 7) is 2.37. The Morgan fingerprint density at radius 3 is 2.22 bits per heavy atom. The van der Waals surface area contributed by atoms with Crippen molar-refractivity contribution in [1.29, 1.82) is 0 Å². The van der Waals surface area contributed by atoms with E-state index in [1.165, 1.54) is 26.0 Å². The van der Waals surface area contributed by atoms with E-state index in [1.54, 1.807) is 0 Å². The third-order valence-electron chi connectivity index (χ3n) is 1.59. The summed E-state index contributed by atoms with van der Waals surface area (Å²) in [6, 6.07) is 3.79. The van der Waals surface area contributed by atoms with E-state index in [-0.39, 0.29) is 17.2 Å². The van der Waals surface area contributed by atoms with E-state index in [0.717, 1.165) is 6.07 Å². The normalized spacial score (nSPS) is 11.5. The van der Waals surface area contributed by atoms with Crippen molar-refractivity contribution in [3.63, 3.8) is 0 Å². The Hall–Kier alpha value is -1.93. The summed E-state index contributed by atoms with van der Waals surface area (Å²) < 4.78 is 33.3. The van der Waals surface area contributed by atoms with E-state index in [0.29, 0.717) is 0 Å². The molecule has 18 heavy (non-hydrogen) atoms. The molecule has 0 amide bonds. The summed E-state index contributed by atoms with van der Waals surface area (Å²) >= 11 is -2.59. The number of hydrogen-bond acceptors (Lipinski definition) is 6. The van der Waals surface area contributed by atoms with Gasteiger partial charge in [-0.1, -0.05) is 0 Å². The first-order chi connectivity index (χ1) is 8.38. The summed E-state index contributed by atoms with van der Waals surface area (Å²) in [7, 11) is 0. The van der Waals surface area contributed by atoms with Gasteiger partial charge >= 0.3 is 23.3 Å². The molecule has 1 N–H and O–H groups in total. The number of rotatable bonds is 4. The van der Waals surface area contributed by atoms with Crippen LogP contribution in [0.2, 0.25) is 0 Å². The minimum atomic E-state index is -2.59. The van der Waals surface area contributed by atoms with Crippen molar-refractivity contribution in [1.82, 2.24) is 0 Å². The van der Waals surface area contributed by atoms with Gasteiger partial charge in [-0.25, -0.2) is 0 Å². The van der Waals surface area contributed by atoms with Crippen LogP contribution in [0.25, 0.3) is 0 Å². The molecule has 0 heterocycles. The second-order valence-electron chi connectivity index (χ2n) is 3.10. The van der Waals surface area contributed by atoms with Gasteiger partial charge in [0.15, 0.2) is 11.5 Å². The number of ether oxygens (including phenoxy) is 2. The Labute approximate surface area is 105 Å². The van der Waals surface area contributed by atoms with E-state index in [4.69, 9.17) is 14.0 Å². The summed E-state index contributed by atoms with van der Waals surface area (Å²) in [5.74, 6) is -1.33. The first-order valence-electron chi connectivity index (χ1n) is 4.68. The molecule has 0 fully saturated rings. The molecule has 1 aromatic carbocycles. The van der Waals surface area contributed by atoms with Crippen molar-refractivity contribution in [2.75, 3.05) is 0 Å². The van der Waals surface area contributed by atoms with Crippen molar-refractivity contribution in [2.24, 2.45) is 0 Å².